The van der Waals surface area contributed by atoms with Gasteiger partial charge in [0.05, 0.1) is 0 Å². The van der Waals surface area contributed by atoms with E-state index in [-0.39, 0.29) is 24.1 Å². The molecular weight excluding hydrogens is 260 g/mol. The van der Waals surface area contributed by atoms with Crippen molar-refractivity contribution in [2.45, 2.75) is 45.3 Å². The second-order valence-electron chi connectivity index (χ2n) is 5.22. The number of pyridine rings is 1. The van der Waals surface area contributed by atoms with Gasteiger partial charge in [0.15, 0.2) is 0 Å². The van der Waals surface area contributed by atoms with Gasteiger partial charge in [0, 0.05) is 18.3 Å². The fourth-order valence-electron chi connectivity index (χ4n) is 2.17. The zero-order valence-electron chi connectivity index (χ0n) is 11.6. The predicted octanol–water partition coefficient (Wildman–Crippen LogP) is 0.621. The summed E-state index contributed by atoms with van der Waals surface area (Å²) in [5, 5.41) is 9.07. The van der Waals surface area contributed by atoms with E-state index in [1.54, 1.807) is 19.2 Å². The minimum Gasteiger partial charge on any atom is -0.480 e. The van der Waals surface area contributed by atoms with Crippen LogP contribution < -0.4 is 5.56 Å². The molecule has 0 aliphatic heterocycles. The molecule has 0 spiro atoms. The van der Waals surface area contributed by atoms with Crippen LogP contribution in [0, 0.1) is 6.92 Å². The molecule has 1 fully saturated rings. The van der Waals surface area contributed by atoms with Gasteiger partial charge in [0.25, 0.3) is 5.56 Å². The Bertz CT molecular complexity index is 589. The number of nitrogens with zero attached hydrogens (tertiary/aromatic N) is 2. The lowest BCUT2D eigenvalue weighted by Crippen LogP contribution is -2.46. The quantitative estimate of drug-likeness (QED) is 0.856. The largest absolute Gasteiger partial charge is 0.480 e. The molecule has 1 unspecified atom stereocenters. The molecule has 6 nitrogen and oxygen atoms in total. The lowest BCUT2D eigenvalue weighted by Gasteiger charge is -2.26. The van der Waals surface area contributed by atoms with Gasteiger partial charge in [0.2, 0.25) is 5.91 Å². The highest BCUT2D eigenvalue weighted by Gasteiger charge is 2.38. The molecule has 1 aromatic heterocycles. The van der Waals surface area contributed by atoms with Crippen molar-refractivity contribution in [3.8, 4) is 0 Å². The smallest absolute Gasteiger partial charge is 0.326 e. The molecule has 1 saturated carbocycles. The van der Waals surface area contributed by atoms with E-state index in [1.807, 2.05) is 0 Å². The van der Waals surface area contributed by atoms with E-state index in [0.29, 0.717) is 0 Å². The first-order chi connectivity index (χ1) is 9.40. The average molecular weight is 278 g/mol. The zero-order chi connectivity index (χ0) is 14.9. The van der Waals surface area contributed by atoms with Crippen LogP contribution >= 0.6 is 0 Å². The second kappa shape index (κ2) is 5.48. The number of aromatic nitrogens is 1. The summed E-state index contributed by atoms with van der Waals surface area (Å²) < 4.78 is 1.30. The van der Waals surface area contributed by atoms with Gasteiger partial charge >= 0.3 is 5.97 Å². The van der Waals surface area contributed by atoms with E-state index >= 15 is 0 Å². The molecule has 1 heterocycles. The van der Waals surface area contributed by atoms with E-state index < -0.39 is 12.0 Å². The summed E-state index contributed by atoms with van der Waals surface area (Å²) in [6.45, 7) is 3.18. The lowest BCUT2D eigenvalue weighted by atomic mass is 10.2. The van der Waals surface area contributed by atoms with Crippen LogP contribution in [0.25, 0.3) is 0 Å². The molecular formula is C14H18N2O4. The summed E-state index contributed by atoms with van der Waals surface area (Å²) in [5.41, 5.74) is 0.578. The maximum atomic E-state index is 12.3. The third kappa shape index (κ3) is 3.07. The molecule has 6 heteroatoms. The fourth-order valence-corrected chi connectivity index (χ4v) is 2.17. The number of hydrogen-bond acceptors (Lipinski definition) is 3. The van der Waals surface area contributed by atoms with E-state index in [0.717, 1.165) is 18.4 Å². The van der Waals surface area contributed by atoms with Crippen molar-refractivity contribution in [1.82, 2.24) is 9.47 Å². The Kier molecular flexibility index (Phi) is 3.92. The third-order valence-electron chi connectivity index (χ3n) is 3.46. The maximum absolute atomic E-state index is 12.3. The number of aliphatic carboxylic acids is 1. The number of carboxylic acid groups (broad SMARTS) is 1. The van der Waals surface area contributed by atoms with Crippen LogP contribution in [0.3, 0.4) is 0 Å². The van der Waals surface area contributed by atoms with E-state index in [1.165, 1.54) is 22.5 Å². The van der Waals surface area contributed by atoms with Crippen molar-refractivity contribution in [3.63, 3.8) is 0 Å². The highest BCUT2D eigenvalue weighted by molar-refractivity contribution is 5.83. The summed E-state index contributed by atoms with van der Waals surface area (Å²) in [5.74, 6) is -1.35. The molecule has 1 aliphatic carbocycles. The molecule has 2 rings (SSSR count). The van der Waals surface area contributed by atoms with Crippen LogP contribution in [0.15, 0.2) is 23.1 Å². The maximum Gasteiger partial charge on any atom is 0.326 e. The van der Waals surface area contributed by atoms with Gasteiger partial charge < -0.3 is 14.6 Å². The summed E-state index contributed by atoms with van der Waals surface area (Å²) in [7, 11) is 0. The molecule has 108 valence electrons. The molecule has 1 N–H and O–H groups in total. The molecule has 1 aromatic rings. The first-order valence-corrected chi connectivity index (χ1v) is 6.61. The van der Waals surface area contributed by atoms with Crippen molar-refractivity contribution in [2.75, 3.05) is 0 Å². The van der Waals surface area contributed by atoms with Gasteiger partial charge in [0.1, 0.15) is 12.6 Å². The van der Waals surface area contributed by atoms with Crippen molar-refractivity contribution in [1.29, 1.82) is 0 Å². The normalized spacial score (nSPS) is 15.7. The number of aryl methyl sites for hydroxylation is 1. The second-order valence-corrected chi connectivity index (χ2v) is 5.22. The SMILES string of the molecule is Cc1ccn(CC(=O)N(C2CC2)C(C)C(=O)O)c(=O)c1. The Balaban J connectivity index is 2.16. The van der Waals surface area contributed by atoms with E-state index in [2.05, 4.69) is 0 Å². The van der Waals surface area contributed by atoms with Gasteiger partial charge in [-0.25, -0.2) is 4.79 Å². The molecule has 0 saturated heterocycles. The van der Waals surface area contributed by atoms with Gasteiger partial charge in [-0.2, -0.15) is 0 Å². The number of carbonyl (C=O) groups is 2. The van der Waals surface area contributed by atoms with Crippen molar-refractivity contribution in [2.24, 2.45) is 0 Å². The van der Waals surface area contributed by atoms with Gasteiger partial charge in [-0.3, -0.25) is 9.59 Å². The molecule has 20 heavy (non-hydrogen) atoms. The fraction of sp³-hybridized carbons (Fsp3) is 0.500. The Morgan fingerprint density at radius 1 is 1.50 bits per heavy atom. The van der Waals surface area contributed by atoms with Crippen LogP contribution in [0.4, 0.5) is 0 Å². The number of hydrogen-bond donors (Lipinski definition) is 1. The summed E-state index contributed by atoms with van der Waals surface area (Å²) >= 11 is 0. The van der Waals surface area contributed by atoms with Crippen LogP contribution in [0.5, 0.6) is 0 Å². The first-order valence-electron chi connectivity index (χ1n) is 6.61. The minimum atomic E-state index is -1.03. The molecule has 1 amide bonds. The molecule has 0 bridgehead atoms. The summed E-state index contributed by atoms with van der Waals surface area (Å²) in [6.07, 6.45) is 3.21. The van der Waals surface area contributed by atoms with E-state index in [4.69, 9.17) is 5.11 Å². The Morgan fingerprint density at radius 2 is 2.15 bits per heavy atom. The first kappa shape index (κ1) is 14.3. The summed E-state index contributed by atoms with van der Waals surface area (Å²) in [4.78, 5) is 36.5. The highest BCUT2D eigenvalue weighted by atomic mass is 16.4. The number of amides is 1. The van der Waals surface area contributed by atoms with Crippen LogP contribution in [-0.2, 0) is 16.1 Å². The molecule has 1 aliphatic rings. The Morgan fingerprint density at radius 3 is 2.65 bits per heavy atom. The monoisotopic (exact) mass is 278 g/mol. The molecule has 0 radical (unpaired) electrons. The predicted molar refractivity (Wildman–Crippen MR) is 72.4 cm³/mol. The molecule has 0 aromatic carbocycles. The minimum absolute atomic E-state index is 0.00486. The third-order valence-corrected chi connectivity index (χ3v) is 3.46. The molecule has 1 atom stereocenters. The Labute approximate surface area is 116 Å². The highest BCUT2D eigenvalue weighted by Crippen LogP contribution is 2.29. The Hall–Kier alpha value is -2.11. The van der Waals surface area contributed by atoms with Crippen molar-refractivity contribution in [3.05, 3.63) is 34.2 Å². The lowest BCUT2D eigenvalue weighted by molar-refractivity contribution is -0.150. The number of rotatable bonds is 5. The number of carbonyl (C=O) groups excluding carboxylic acids is 1. The van der Waals surface area contributed by atoms with Crippen molar-refractivity contribution >= 4 is 11.9 Å². The van der Waals surface area contributed by atoms with E-state index in [9.17, 15) is 14.4 Å². The summed E-state index contributed by atoms with van der Waals surface area (Å²) in [6, 6.07) is 2.33. The topological polar surface area (TPSA) is 79.6 Å². The zero-order valence-corrected chi connectivity index (χ0v) is 11.6. The van der Waals surface area contributed by atoms with Crippen LogP contribution in [0.1, 0.15) is 25.3 Å². The van der Waals surface area contributed by atoms with Gasteiger partial charge in [-0.1, -0.05) is 0 Å². The van der Waals surface area contributed by atoms with Crippen LogP contribution in [-0.4, -0.2) is 38.5 Å². The van der Waals surface area contributed by atoms with Gasteiger partial charge in [-0.05, 0) is 38.3 Å². The average Bonchev–Trinajstić information content (AvgIpc) is 3.17. The van der Waals surface area contributed by atoms with Crippen molar-refractivity contribution < 1.29 is 14.7 Å². The van der Waals surface area contributed by atoms with Gasteiger partial charge in [-0.15, -0.1) is 0 Å². The van der Waals surface area contributed by atoms with Crippen LogP contribution in [0.2, 0.25) is 0 Å². The number of carboxylic acids is 1. The standard InChI is InChI=1S/C14H18N2O4/c1-9-5-6-15(12(17)7-9)8-13(18)16(11-3-4-11)10(2)14(19)20/h5-7,10-11H,3-4,8H2,1-2H3,(H,19,20).